The number of ketones is 1. The Bertz CT molecular complexity index is 685. The minimum atomic E-state index is -0.325. The Labute approximate surface area is 167 Å². The zero-order chi connectivity index (χ0) is 20.1. The van der Waals surface area contributed by atoms with Gasteiger partial charge in [-0.3, -0.25) is 14.9 Å². The third kappa shape index (κ3) is 5.10. The zero-order valence-electron chi connectivity index (χ0n) is 17.0. The number of carbonyl (C=O) groups is 1. The molecule has 0 radical (unpaired) electrons. The molecule has 0 N–H and O–H groups in total. The lowest BCUT2D eigenvalue weighted by molar-refractivity contribution is -0.384. The number of Topliss-reactive ketones (excluding diaryl/α,β-unsaturated/α-hetero) is 1. The first-order chi connectivity index (χ1) is 13.5. The van der Waals surface area contributed by atoms with Crippen LogP contribution in [-0.4, -0.2) is 36.0 Å². The van der Waals surface area contributed by atoms with Crippen molar-refractivity contribution in [3.05, 3.63) is 34.4 Å². The van der Waals surface area contributed by atoms with E-state index < -0.39 is 0 Å². The Kier molecular flexibility index (Phi) is 7.05. The van der Waals surface area contributed by atoms with Crippen molar-refractivity contribution in [1.29, 1.82) is 0 Å². The summed E-state index contributed by atoms with van der Waals surface area (Å²) in [5, 5.41) is 11.3. The first-order valence-electron chi connectivity index (χ1n) is 10.6. The Hall–Kier alpha value is -1.95. The smallest absolute Gasteiger partial charge is 0.292 e. The van der Waals surface area contributed by atoms with Crippen LogP contribution in [0.5, 0.6) is 0 Å². The van der Waals surface area contributed by atoms with Gasteiger partial charge in [0.15, 0.2) is 0 Å². The molecule has 6 nitrogen and oxygen atoms in total. The van der Waals surface area contributed by atoms with Crippen LogP contribution in [0.1, 0.15) is 58.8 Å². The summed E-state index contributed by atoms with van der Waals surface area (Å²) in [6, 6.07) is 6.89. The van der Waals surface area contributed by atoms with Crippen LogP contribution >= 0.6 is 0 Å². The number of nitro benzene ring substituents is 1. The number of hydrogen-bond donors (Lipinski definition) is 0. The molecule has 0 aromatic heterocycles. The van der Waals surface area contributed by atoms with Crippen molar-refractivity contribution in [3.63, 3.8) is 0 Å². The molecule has 3 rings (SSSR count). The second-order valence-electron chi connectivity index (χ2n) is 8.37. The fourth-order valence-electron chi connectivity index (χ4n) is 4.67. The van der Waals surface area contributed by atoms with Crippen LogP contribution in [0.15, 0.2) is 24.3 Å². The number of para-hydroxylation sites is 2. The van der Waals surface area contributed by atoms with E-state index in [0.717, 1.165) is 44.9 Å². The summed E-state index contributed by atoms with van der Waals surface area (Å²) in [5.41, 5.74) is 0.812. The summed E-state index contributed by atoms with van der Waals surface area (Å²) < 4.78 is 5.97. The van der Waals surface area contributed by atoms with E-state index in [2.05, 4.69) is 18.7 Å². The van der Waals surface area contributed by atoms with Gasteiger partial charge in [0, 0.05) is 31.0 Å². The Balaban J connectivity index is 1.59. The van der Waals surface area contributed by atoms with Gasteiger partial charge in [0.2, 0.25) is 0 Å². The number of ether oxygens (including phenoxy) is 1. The summed E-state index contributed by atoms with van der Waals surface area (Å²) >= 11 is 0. The lowest BCUT2D eigenvalue weighted by Crippen LogP contribution is -2.38. The van der Waals surface area contributed by atoms with Crippen molar-refractivity contribution in [2.24, 2.45) is 11.8 Å². The third-order valence-electron chi connectivity index (χ3n) is 6.27. The van der Waals surface area contributed by atoms with Crippen molar-refractivity contribution in [2.75, 3.05) is 18.0 Å². The SMILES string of the molecule is C[C@@H]1CCC(C(=O)C2CCN(c3ccccc3[N+](=O)[O-])CC2)CCC[C@H](C)O1. The van der Waals surface area contributed by atoms with E-state index in [1.54, 1.807) is 18.2 Å². The summed E-state index contributed by atoms with van der Waals surface area (Å²) in [5.74, 6) is 0.626. The van der Waals surface area contributed by atoms with E-state index in [1.807, 2.05) is 6.07 Å². The number of rotatable bonds is 4. The van der Waals surface area contributed by atoms with Gasteiger partial charge in [-0.15, -0.1) is 0 Å². The molecule has 2 heterocycles. The van der Waals surface area contributed by atoms with Gasteiger partial charge >= 0.3 is 0 Å². The molecule has 0 bridgehead atoms. The van der Waals surface area contributed by atoms with E-state index in [0.29, 0.717) is 24.6 Å². The standard InChI is InChI=1S/C22H32N2O4/c1-16-6-5-7-18(11-10-17(2)28-16)22(25)19-12-14-23(15-13-19)20-8-3-4-9-21(20)24(26)27/h3-4,8-9,16-19H,5-7,10-15H2,1-2H3/t16-,17+,18?/m0/s1. The lowest BCUT2D eigenvalue weighted by atomic mass is 9.81. The van der Waals surface area contributed by atoms with Crippen molar-refractivity contribution in [1.82, 2.24) is 0 Å². The van der Waals surface area contributed by atoms with Crippen LogP contribution in [-0.2, 0) is 9.53 Å². The van der Waals surface area contributed by atoms with Crippen LogP contribution in [0, 0.1) is 22.0 Å². The summed E-state index contributed by atoms with van der Waals surface area (Å²) in [6.07, 6.45) is 6.92. The monoisotopic (exact) mass is 388 g/mol. The molecule has 1 aromatic carbocycles. The number of piperidine rings is 1. The van der Waals surface area contributed by atoms with Crippen molar-refractivity contribution >= 4 is 17.2 Å². The molecule has 6 heteroatoms. The van der Waals surface area contributed by atoms with Gasteiger partial charge in [0.05, 0.1) is 17.1 Å². The third-order valence-corrected chi connectivity index (χ3v) is 6.27. The van der Waals surface area contributed by atoms with E-state index in [9.17, 15) is 14.9 Å². The predicted molar refractivity (Wildman–Crippen MR) is 110 cm³/mol. The van der Waals surface area contributed by atoms with Gasteiger partial charge in [-0.2, -0.15) is 0 Å². The average molecular weight is 389 g/mol. The number of carbonyl (C=O) groups excluding carboxylic acids is 1. The van der Waals surface area contributed by atoms with Gasteiger partial charge in [-0.25, -0.2) is 0 Å². The summed E-state index contributed by atoms with van der Waals surface area (Å²) in [7, 11) is 0. The maximum Gasteiger partial charge on any atom is 0.292 e. The van der Waals surface area contributed by atoms with E-state index in [-0.39, 0.29) is 34.7 Å². The molecule has 2 aliphatic heterocycles. The highest BCUT2D eigenvalue weighted by molar-refractivity contribution is 5.83. The van der Waals surface area contributed by atoms with Crippen LogP contribution < -0.4 is 4.90 Å². The van der Waals surface area contributed by atoms with Crippen LogP contribution in [0.25, 0.3) is 0 Å². The maximum atomic E-state index is 13.2. The molecule has 2 saturated heterocycles. The maximum absolute atomic E-state index is 13.2. The van der Waals surface area contributed by atoms with Gasteiger partial charge < -0.3 is 9.64 Å². The van der Waals surface area contributed by atoms with Crippen LogP contribution in [0.4, 0.5) is 11.4 Å². The van der Waals surface area contributed by atoms with Crippen LogP contribution in [0.2, 0.25) is 0 Å². The van der Waals surface area contributed by atoms with Crippen LogP contribution in [0.3, 0.4) is 0 Å². The minimum Gasteiger partial charge on any atom is -0.376 e. The number of anilines is 1. The van der Waals surface area contributed by atoms with Gasteiger partial charge in [-0.05, 0) is 58.4 Å². The average Bonchev–Trinajstić information content (AvgIpc) is 2.77. The molecule has 154 valence electrons. The van der Waals surface area contributed by atoms with Gasteiger partial charge in [-0.1, -0.05) is 18.6 Å². The Morgan fingerprint density at radius 1 is 1.00 bits per heavy atom. The Morgan fingerprint density at radius 2 is 1.64 bits per heavy atom. The van der Waals surface area contributed by atoms with E-state index in [4.69, 9.17) is 4.74 Å². The highest BCUT2D eigenvalue weighted by Gasteiger charge is 2.32. The molecule has 1 aromatic rings. The normalized spacial score (nSPS) is 27.5. The van der Waals surface area contributed by atoms with Crippen molar-refractivity contribution in [3.8, 4) is 0 Å². The largest absolute Gasteiger partial charge is 0.376 e. The number of nitrogens with zero attached hydrogens (tertiary/aromatic N) is 2. The quantitative estimate of drug-likeness (QED) is 0.549. The lowest BCUT2D eigenvalue weighted by Gasteiger charge is -2.34. The van der Waals surface area contributed by atoms with Crippen molar-refractivity contribution < 1.29 is 14.5 Å². The fraction of sp³-hybridized carbons (Fsp3) is 0.682. The molecule has 3 atom stereocenters. The second kappa shape index (κ2) is 9.50. The van der Waals surface area contributed by atoms with E-state index >= 15 is 0 Å². The minimum absolute atomic E-state index is 0.0819. The molecule has 0 aliphatic carbocycles. The van der Waals surface area contributed by atoms with Crippen molar-refractivity contribution in [2.45, 2.75) is 71.0 Å². The van der Waals surface area contributed by atoms with E-state index in [1.165, 1.54) is 0 Å². The molecule has 0 amide bonds. The highest BCUT2D eigenvalue weighted by atomic mass is 16.6. The Morgan fingerprint density at radius 3 is 2.36 bits per heavy atom. The summed E-state index contributed by atoms with van der Waals surface area (Å²) in [6.45, 7) is 5.63. The van der Waals surface area contributed by atoms with Gasteiger partial charge in [0.25, 0.3) is 5.69 Å². The molecule has 0 saturated carbocycles. The van der Waals surface area contributed by atoms with Gasteiger partial charge in [0.1, 0.15) is 11.5 Å². The highest BCUT2D eigenvalue weighted by Crippen LogP contribution is 2.33. The second-order valence-corrected chi connectivity index (χ2v) is 8.37. The topological polar surface area (TPSA) is 72.7 Å². The molecular formula is C22H32N2O4. The molecule has 2 fully saturated rings. The molecule has 0 spiro atoms. The number of benzene rings is 1. The molecular weight excluding hydrogens is 356 g/mol. The molecule has 28 heavy (non-hydrogen) atoms. The summed E-state index contributed by atoms with van der Waals surface area (Å²) in [4.78, 5) is 26.2. The predicted octanol–water partition coefficient (Wildman–Crippen LogP) is 4.75. The first-order valence-corrected chi connectivity index (χ1v) is 10.6. The molecule has 1 unspecified atom stereocenters. The number of hydrogen-bond acceptors (Lipinski definition) is 5. The molecule has 2 aliphatic rings. The fourth-order valence-corrected chi connectivity index (χ4v) is 4.67. The first kappa shape index (κ1) is 20.8. The zero-order valence-corrected chi connectivity index (χ0v) is 17.0. The number of nitro groups is 1.